The number of carboxylic acid groups (broad SMARTS) is 1. The molecule has 1 atom stereocenters. The zero-order chi connectivity index (χ0) is 10.7. The standard InChI is InChI=1S/C7H9N3O4/c1-3-5(10-14-9-3)6(11)8-4(2)7(12)13/h4H,1-2H3,(H,8,11)(H,12,13)/t4-/m0/s1. The smallest absolute Gasteiger partial charge is 0.325 e. The Labute approximate surface area is 79.1 Å². The molecule has 0 fully saturated rings. The van der Waals surface area contributed by atoms with E-state index in [-0.39, 0.29) is 5.69 Å². The summed E-state index contributed by atoms with van der Waals surface area (Å²) in [4.78, 5) is 21.7. The second-order valence-electron chi connectivity index (χ2n) is 2.73. The summed E-state index contributed by atoms with van der Waals surface area (Å²) in [7, 11) is 0. The van der Waals surface area contributed by atoms with E-state index in [9.17, 15) is 9.59 Å². The van der Waals surface area contributed by atoms with E-state index in [1.165, 1.54) is 13.8 Å². The fraction of sp³-hybridized carbons (Fsp3) is 0.429. The van der Waals surface area contributed by atoms with E-state index in [0.29, 0.717) is 5.69 Å². The molecule has 0 unspecified atom stereocenters. The molecule has 7 nitrogen and oxygen atoms in total. The van der Waals surface area contributed by atoms with Crippen molar-refractivity contribution in [2.45, 2.75) is 19.9 Å². The van der Waals surface area contributed by atoms with Gasteiger partial charge in [-0.1, -0.05) is 5.16 Å². The third-order valence-corrected chi connectivity index (χ3v) is 1.59. The van der Waals surface area contributed by atoms with Gasteiger partial charge in [-0.15, -0.1) is 0 Å². The van der Waals surface area contributed by atoms with Crippen molar-refractivity contribution in [1.29, 1.82) is 0 Å². The average molecular weight is 199 g/mol. The first-order valence-corrected chi connectivity index (χ1v) is 3.85. The Kier molecular flexibility index (Phi) is 2.80. The Balaban J connectivity index is 2.69. The summed E-state index contributed by atoms with van der Waals surface area (Å²) in [6.45, 7) is 2.89. The van der Waals surface area contributed by atoms with Gasteiger partial charge in [-0.25, -0.2) is 4.63 Å². The summed E-state index contributed by atoms with van der Waals surface area (Å²) >= 11 is 0. The van der Waals surface area contributed by atoms with Crippen molar-refractivity contribution in [3.05, 3.63) is 11.4 Å². The van der Waals surface area contributed by atoms with Crippen LogP contribution in [0.2, 0.25) is 0 Å². The van der Waals surface area contributed by atoms with Gasteiger partial charge >= 0.3 is 5.97 Å². The number of aryl methyl sites for hydroxylation is 1. The lowest BCUT2D eigenvalue weighted by Gasteiger charge is -2.06. The van der Waals surface area contributed by atoms with Gasteiger partial charge in [0.25, 0.3) is 5.91 Å². The van der Waals surface area contributed by atoms with E-state index in [2.05, 4.69) is 20.3 Å². The highest BCUT2D eigenvalue weighted by molar-refractivity contribution is 5.95. The highest BCUT2D eigenvalue weighted by Gasteiger charge is 2.19. The summed E-state index contributed by atoms with van der Waals surface area (Å²) in [5.74, 6) is -1.73. The van der Waals surface area contributed by atoms with E-state index in [1.807, 2.05) is 0 Å². The van der Waals surface area contributed by atoms with Crippen LogP contribution in [-0.4, -0.2) is 33.3 Å². The maximum atomic E-state index is 11.3. The quantitative estimate of drug-likeness (QED) is 0.684. The van der Waals surface area contributed by atoms with Crippen LogP contribution in [0.5, 0.6) is 0 Å². The van der Waals surface area contributed by atoms with Gasteiger partial charge in [0.2, 0.25) is 0 Å². The van der Waals surface area contributed by atoms with E-state index in [4.69, 9.17) is 5.11 Å². The molecule has 0 saturated heterocycles. The zero-order valence-corrected chi connectivity index (χ0v) is 7.64. The van der Waals surface area contributed by atoms with Crippen LogP contribution in [0.15, 0.2) is 4.63 Å². The van der Waals surface area contributed by atoms with Crippen LogP contribution in [0, 0.1) is 6.92 Å². The number of aromatic nitrogens is 2. The number of rotatable bonds is 3. The molecular weight excluding hydrogens is 190 g/mol. The first-order chi connectivity index (χ1) is 6.52. The molecule has 14 heavy (non-hydrogen) atoms. The second-order valence-corrected chi connectivity index (χ2v) is 2.73. The fourth-order valence-corrected chi connectivity index (χ4v) is 0.764. The number of aliphatic carboxylic acids is 1. The molecule has 1 rings (SSSR count). The minimum atomic E-state index is -1.12. The molecule has 0 spiro atoms. The van der Waals surface area contributed by atoms with Crippen molar-refractivity contribution in [1.82, 2.24) is 15.6 Å². The van der Waals surface area contributed by atoms with E-state index >= 15 is 0 Å². The molecule has 0 aromatic carbocycles. The van der Waals surface area contributed by atoms with Gasteiger partial charge in [0.1, 0.15) is 11.7 Å². The minimum absolute atomic E-state index is 0.00176. The molecule has 76 valence electrons. The van der Waals surface area contributed by atoms with E-state index in [1.54, 1.807) is 0 Å². The number of amides is 1. The van der Waals surface area contributed by atoms with Crippen molar-refractivity contribution >= 4 is 11.9 Å². The van der Waals surface area contributed by atoms with Crippen LogP contribution in [0.1, 0.15) is 23.1 Å². The van der Waals surface area contributed by atoms with Crippen molar-refractivity contribution in [3.63, 3.8) is 0 Å². The number of nitrogens with zero attached hydrogens (tertiary/aromatic N) is 2. The van der Waals surface area contributed by atoms with Gasteiger partial charge in [0.15, 0.2) is 5.69 Å². The van der Waals surface area contributed by atoms with Crippen LogP contribution in [0.4, 0.5) is 0 Å². The predicted molar refractivity (Wildman–Crippen MR) is 43.6 cm³/mol. The summed E-state index contributed by atoms with van der Waals surface area (Å²) in [5, 5.41) is 17.5. The molecule has 0 aliphatic heterocycles. The van der Waals surface area contributed by atoms with Gasteiger partial charge in [-0.3, -0.25) is 9.59 Å². The Morgan fingerprint density at radius 1 is 1.50 bits per heavy atom. The highest BCUT2D eigenvalue weighted by atomic mass is 16.6. The van der Waals surface area contributed by atoms with Crippen LogP contribution in [0.25, 0.3) is 0 Å². The molecule has 0 bridgehead atoms. The summed E-state index contributed by atoms with van der Waals surface area (Å²) in [5.41, 5.74) is 0.318. The van der Waals surface area contributed by atoms with Gasteiger partial charge in [0.05, 0.1) is 0 Å². The molecule has 0 radical (unpaired) electrons. The van der Waals surface area contributed by atoms with Crippen LogP contribution >= 0.6 is 0 Å². The normalized spacial score (nSPS) is 12.1. The largest absolute Gasteiger partial charge is 0.480 e. The lowest BCUT2D eigenvalue weighted by Crippen LogP contribution is -2.38. The second kappa shape index (κ2) is 3.86. The predicted octanol–water partition coefficient (Wildman–Crippen LogP) is -0.419. The number of nitrogens with one attached hydrogen (secondary N) is 1. The Bertz CT molecular complexity index is 360. The SMILES string of the molecule is Cc1nonc1C(=O)N[C@@H](C)C(=O)O. The molecule has 0 aliphatic carbocycles. The molecule has 2 N–H and O–H groups in total. The minimum Gasteiger partial charge on any atom is -0.480 e. The number of carbonyl (C=O) groups is 2. The van der Waals surface area contributed by atoms with Gasteiger partial charge in [0, 0.05) is 0 Å². The molecular formula is C7H9N3O4. The first kappa shape index (κ1) is 10.2. The van der Waals surface area contributed by atoms with E-state index in [0.717, 1.165) is 0 Å². The van der Waals surface area contributed by atoms with Crippen LogP contribution in [-0.2, 0) is 4.79 Å². The molecule has 1 aromatic rings. The third-order valence-electron chi connectivity index (χ3n) is 1.59. The zero-order valence-electron chi connectivity index (χ0n) is 7.64. The summed E-state index contributed by atoms with van der Waals surface area (Å²) < 4.78 is 4.30. The Hall–Kier alpha value is -1.92. The lowest BCUT2D eigenvalue weighted by atomic mass is 10.3. The van der Waals surface area contributed by atoms with Gasteiger partial charge in [-0.2, -0.15) is 0 Å². The van der Waals surface area contributed by atoms with Crippen molar-refractivity contribution < 1.29 is 19.3 Å². The van der Waals surface area contributed by atoms with Crippen LogP contribution in [0.3, 0.4) is 0 Å². The highest BCUT2D eigenvalue weighted by Crippen LogP contribution is 2.00. The van der Waals surface area contributed by atoms with Crippen LogP contribution < -0.4 is 5.32 Å². The van der Waals surface area contributed by atoms with E-state index < -0.39 is 17.9 Å². The molecule has 1 heterocycles. The number of hydrogen-bond donors (Lipinski definition) is 2. The fourth-order valence-electron chi connectivity index (χ4n) is 0.764. The number of carbonyl (C=O) groups excluding carboxylic acids is 1. The van der Waals surface area contributed by atoms with Gasteiger partial charge in [-0.05, 0) is 19.0 Å². The Morgan fingerprint density at radius 2 is 2.14 bits per heavy atom. The number of carboxylic acids is 1. The third kappa shape index (κ3) is 2.06. The molecule has 1 aromatic heterocycles. The maximum absolute atomic E-state index is 11.3. The van der Waals surface area contributed by atoms with Crippen molar-refractivity contribution in [2.24, 2.45) is 0 Å². The molecule has 0 aliphatic rings. The van der Waals surface area contributed by atoms with Crippen molar-refractivity contribution in [3.8, 4) is 0 Å². The molecule has 0 saturated carbocycles. The summed E-state index contributed by atoms with van der Waals surface area (Å²) in [6.07, 6.45) is 0. The van der Waals surface area contributed by atoms with Gasteiger partial charge < -0.3 is 10.4 Å². The van der Waals surface area contributed by atoms with Crippen molar-refractivity contribution in [2.75, 3.05) is 0 Å². The number of hydrogen-bond acceptors (Lipinski definition) is 5. The maximum Gasteiger partial charge on any atom is 0.325 e. The topological polar surface area (TPSA) is 105 Å². The monoisotopic (exact) mass is 199 g/mol. The molecule has 1 amide bonds. The summed E-state index contributed by atoms with van der Waals surface area (Å²) in [6, 6.07) is -0.974. The molecule has 7 heteroatoms. The first-order valence-electron chi connectivity index (χ1n) is 3.85. The average Bonchev–Trinajstić information content (AvgIpc) is 2.51. The lowest BCUT2D eigenvalue weighted by molar-refractivity contribution is -0.138. The Morgan fingerprint density at radius 3 is 2.57 bits per heavy atom.